The summed E-state index contributed by atoms with van der Waals surface area (Å²) >= 11 is 3.39. The van der Waals surface area contributed by atoms with Gasteiger partial charge in [0, 0.05) is 10.6 Å². The molecule has 0 spiro atoms. The zero-order chi connectivity index (χ0) is 13.4. The Labute approximate surface area is 120 Å². The van der Waals surface area contributed by atoms with Crippen LogP contribution in [0.4, 0.5) is 5.82 Å². The maximum absolute atomic E-state index is 12.2. The Morgan fingerprint density at radius 3 is 2.84 bits per heavy atom. The maximum atomic E-state index is 12.2. The van der Waals surface area contributed by atoms with Crippen molar-refractivity contribution in [1.29, 1.82) is 0 Å². The molecule has 3 heterocycles. The van der Waals surface area contributed by atoms with E-state index in [4.69, 9.17) is 0 Å². The van der Waals surface area contributed by atoms with Crippen molar-refractivity contribution in [3.8, 4) is 0 Å². The minimum absolute atomic E-state index is 0.0711. The van der Waals surface area contributed by atoms with Gasteiger partial charge < -0.3 is 0 Å². The first-order chi connectivity index (χ1) is 9.16. The Kier molecular flexibility index (Phi) is 3.33. The lowest BCUT2D eigenvalue weighted by atomic mass is 10.2. The van der Waals surface area contributed by atoms with Crippen LogP contribution in [0.2, 0.25) is 0 Å². The van der Waals surface area contributed by atoms with Crippen LogP contribution >= 0.6 is 23.1 Å². The SMILES string of the molecule is Cc1cccc(N2C(=O)CSC2c2sccc2C)n1. The van der Waals surface area contributed by atoms with E-state index in [9.17, 15) is 4.79 Å². The van der Waals surface area contributed by atoms with E-state index in [2.05, 4.69) is 23.4 Å². The molecular formula is C14H14N2OS2. The summed E-state index contributed by atoms with van der Waals surface area (Å²) in [6, 6.07) is 7.91. The number of amides is 1. The van der Waals surface area contributed by atoms with Gasteiger partial charge in [0.05, 0.1) is 5.75 Å². The minimum atomic E-state index is 0.0711. The van der Waals surface area contributed by atoms with Crippen molar-refractivity contribution in [1.82, 2.24) is 4.98 Å². The predicted octanol–water partition coefficient (Wildman–Crippen LogP) is 3.54. The molecule has 5 heteroatoms. The quantitative estimate of drug-likeness (QED) is 0.848. The van der Waals surface area contributed by atoms with Gasteiger partial charge in [-0.2, -0.15) is 0 Å². The Balaban J connectivity index is 2.02. The smallest absolute Gasteiger partial charge is 0.239 e. The molecule has 0 aromatic carbocycles. The zero-order valence-electron chi connectivity index (χ0n) is 10.8. The summed E-state index contributed by atoms with van der Waals surface area (Å²) in [7, 11) is 0. The van der Waals surface area contributed by atoms with Crippen molar-refractivity contribution in [2.75, 3.05) is 10.7 Å². The van der Waals surface area contributed by atoms with E-state index in [1.54, 1.807) is 23.1 Å². The lowest BCUT2D eigenvalue weighted by Crippen LogP contribution is -2.28. The van der Waals surface area contributed by atoms with Gasteiger partial charge in [-0.1, -0.05) is 6.07 Å². The van der Waals surface area contributed by atoms with E-state index in [-0.39, 0.29) is 11.3 Å². The molecule has 1 amide bonds. The number of pyridine rings is 1. The Morgan fingerprint density at radius 2 is 2.16 bits per heavy atom. The molecule has 2 aromatic rings. The van der Waals surface area contributed by atoms with E-state index < -0.39 is 0 Å². The van der Waals surface area contributed by atoms with Crippen LogP contribution in [-0.4, -0.2) is 16.6 Å². The number of carbonyl (C=O) groups is 1. The topological polar surface area (TPSA) is 33.2 Å². The van der Waals surface area contributed by atoms with Gasteiger partial charge in [0.1, 0.15) is 11.2 Å². The number of nitrogens with zero attached hydrogens (tertiary/aromatic N) is 2. The molecule has 3 rings (SSSR count). The average molecular weight is 290 g/mol. The molecule has 98 valence electrons. The molecular weight excluding hydrogens is 276 g/mol. The Hall–Kier alpha value is -1.33. The largest absolute Gasteiger partial charge is 0.278 e. The van der Waals surface area contributed by atoms with Crippen molar-refractivity contribution >= 4 is 34.8 Å². The van der Waals surface area contributed by atoms with Gasteiger partial charge in [-0.05, 0) is 43.0 Å². The summed E-state index contributed by atoms with van der Waals surface area (Å²) in [6.07, 6.45) is 0. The predicted molar refractivity (Wildman–Crippen MR) is 80.7 cm³/mol. The Morgan fingerprint density at radius 1 is 1.32 bits per heavy atom. The highest BCUT2D eigenvalue weighted by molar-refractivity contribution is 8.01. The third-order valence-electron chi connectivity index (χ3n) is 3.11. The number of hydrogen-bond donors (Lipinski definition) is 0. The van der Waals surface area contributed by atoms with Gasteiger partial charge in [0.15, 0.2) is 0 Å². The van der Waals surface area contributed by atoms with E-state index >= 15 is 0 Å². The second kappa shape index (κ2) is 4.98. The molecule has 1 aliphatic rings. The molecule has 0 radical (unpaired) electrons. The second-order valence-electron chi connectivity index (χ2n) is 4.53. The molecule has 1 unspecified atom stereocenters. The monoisotopic (exact) mass is 290 g/mol. The number of thiophene rings is 1. The summed E-state index contributed by atoms with van der Waals surface area (Å²) in [6.45, 7) is 4.04. The molecule has 0 saturated carbocycles. The lowest BCUT2D eigenvalue weighted by Gasteiger charge is -2.23. The van der Waals surface area contributed by atoms with Crippen LogP contribution in [0.3, 0.4) is 0 Å². The average Bonchev–Trinajstić information content (AvgIpc) is 2.95. The first-order valence-electron chi connectivity index (χ1n) is 6.08. The second-order valence-corrected chi connectivity index (χ2v) is 6.55. The van der Waals surface area contributed by atoms with Crippen LogP contribution in [-0.2, 0) is 4.79 Å². The molecule has 1 atom stereocenters. The van der Waals surface area contributed by atoms with Crippen molar-refractivity contribution < 1.29 is 4.79 Å². The molecule has 1 fully saturated rings. The van der Waals surface area contributed by atoms with E-state index in [1.165, 1.54) is 10.4 Å². The summed E-state index contributed by atoms with van der Waals surface area (Å²) in [5.74, 6) is 1.42. The van der Waals surface area contributed by atoms with Gasteiger partial charge >= 0.3 is 0 Å². The minimum Gasteiger partial charge on any atom is -0.278 e. The van der Waals surface area contributed by atoms with Crippen LogP contribution in [0, 0.1) is 13.8 Å². The standard InChI is InChI=1S/C14H14N2OS2/c1-9-6-7-18-13(9)14-16(12(17)8-19-14)11-5-3-4-10(2)15-11/h3-7,14H,8H2,1-2H3. The third-order valence-corrected chi connectivity index (χ3v) is 5.51. The highest BCUT2D eigenvalue weighted by Crippen LogP contribution is 2.44. The molecule has 2 aromatic heterocycles. The van der Waals surface area contributed by atoms with Gasteiger partial charge in [-0.15, -0.1) is 23.1 Å². The highest BCUT2D eigenvalue weighted by Gasteiger charge is 2.36. The lowest BCUT2D eigenvalue weighted by molar-refractivity contribution is -0.115. The van der Waals surface area contributed by atoms with Crippen LogP contribution < -0.4 is 4.90 Å². The zero-order valence-corrected chi connectivity index (χ0v) is 12.4. The molecule has 19 heavy (non-hydrogen) atoms. The summed E-state index contributed by atoms with van der Waals surface area (Å²) < 4.78 is 0. The van der Waals surface area contributed by atoms with Crippen molar-refractivity contribution in [2.45, 2.75) is 19.2 Å². The van der Waals surface area contributed by atoms with E-state index in [0.717, 1.165) is 11.5 Å². The van der Waals surface area contributed by atoms with Gasteiger partial charge in [-0.25, -0.2) is 4.98 Å². The van der Waals surface area contributed by atoms with Gasteiger partial charge in [0.25, 0.3) is 0 Å². The summed E-state index contributed by atoms with van der Waals surface area (Å²) in [4.78, 5) is 19.7. The van der Waals surface area contributed by atoms with Gasteiger partial charge in [-0.3, -0.25) is 9.69 Å². The number of hydrogen-bond acceptors (Lipinski definition) is 4. The highest BCUT2D eigenvalue weighted by atomic mass is 32.2. The maximum Gasteiger partial charge on any atom is 0.239 e. The van der Waals surface area contributed by atoms with Gasteiger partial charge in [0.2, 0.25) is 5.91 Å². The molecule has 3 nitrogen and oxygen atoms in total. The number of rotatable bonds is 2. The van der Waals surface area contributed by atoms with Crippen LogP contribution in [0.5, 0.6) is 0 Å². The van der Waals surface area contributed by atoms with E-state index in [1.807, 2.05) is 30.0 Å². The number of carbonyl (C=O) groups excluding carboxylic acids is 1. The Bertz CT molecular complexity index is 623. The third kappa shape index (κ3) is 2.28. The van der Waals surface area contributed by atoms with Crippen LogP contribution in [0.15, 0.2) is 29.6 Å². The summed E-state index contributed by atoms with van der Waals surface area (Å²) in [5, 5.41) is 2.15. The fraction of sp³-hybridized carbons (Fsp3) is 0.286. The molecule has 1 saturated heterocycles. The molecule has 0 N–H and O–H groups in total. The molecule has 1 aliphatic heterocycles. The fourth-order valence-corrected chi connectivity index (χ4v) is 4.58. The normalized spacial score (nSPS) is 19.2. The number of aromatic nitrogens is 1. The van der Waals surface area contributed by atoms with E-state index in [0.29, 0.717) is 5.75 Å². The number of aryl methyl sites for hydroxylation is 2. The number of anilines is 1. The van der Waals surface area contributed by atoms with Crippen LogP contribution in [0.25, 0.3) is 0 Å². The molecule has 0 aliphatic carbocycles. The molecule has 0 bridgehead atoms. The van der Waals surface area contributed by atoms with Crippen molar-refractivity contribution in [3.63, 3.8) is 0 Å². The first kappa shape index (κ1) is 12.7. The van der Waals surface area contributed by atoms with Crippen LogP contribution in [0.1, 0.15) is 21.5 Å². The van der Waals surface area contributed by atoms with Crippen molar-refractivity contribution in [2.24, 2.45) is 0 Å². The summed E-state index contributed by atoms with van der Waals surface area (Å²) in [5.41, 5.74) is 2.18. The fourth-order valence-electron chi connectivity index (χ4n) is 2.17. The number of thioether (sulfide) groups is 1. The first-order valence-corrected chi connectivity index (χ1v) is 8.01. The van der Waals surface area contributed by atoms with Crippen molar-refractivity contribution in [3.05, 3.63) is 45.8 Å².